The van der Waals surface area contributed by atoms with Gasteiger partial charge in [0.15, 0.2) is 0 Å². The molecule has 0 spiro atoms. The number of carbonyl (C=O) groups is 1. The molecule has 0 bridgehead atoms. The summed E-state index contributed by atoms with van der Waals surface area (Å²) in [6.45, 7) is 0. The molecular weight excluding hydrogens is 346 g/mol. The van der Waals surface area contributed by atoms with E-state index in [1.54, 1.807) is 18.2 Å². The van der Waals surface area contributed by atoms with Crippen molar-refractivity contribution in [3.63, 3.8) is 0 Å². The molecule has 1 aromatic heterocycles. The molecule has 1 radical (unpaired) electrons. The Kier molecular flexibility index (Phi) is 4.69. The van der Waals surface area contributed by atoms with Gasteiger partial charge in [0.2, 0.25) is 0 Å². The third-order valence-electron chi connectivity index (χ3n) is 2.76. The average molecular weight is 357 g/mol. The first-order valence-electron chi connectivity index (χ1n) is 5.96. The Morgan fingerprint density at radius 2 is 1.55 bits per heavy atom. The summed E-state index contributed by atoms with van der Waals surface area (Å²) in [5.41, 5.74) is 1.09. The van der Waals surface area contributed by atoms with Gasteiger partial charge in [-0.15, -0.1) is 0 Å². The van der Waals surface area contributed by atoms with Crippen molar-refractivity contribution in [2.45, 2.75) is 0 Å². The quantitative estimate of drug-likeness (QED) is 0.401. The maximum Gasteiger partial charge on any atom is 0.362 e. The van der Waals surface area contributed by atoms with Crippen LogP contribution in [-0.2, 0) is 22.4 Å². The SMILES string of the molecule is O=C(Oc1ccccc1)c1ccc2ccccc2n1.[Ag]. The predicted molar refractivity (Wildman–Crippen MR) is 73.1 cm³/mol. The first-order chi connectivity index (χ1) is 9.33. The summed E-state index contributed by atoms with van der Waals surface area (Å²) in [5.74, 6) is 0.0689. The maximum atomic E-state index is 12.0. The van der Waals surface area contributed by atoms with E-state index in [9.17, 15) is 4.79 Å². The minimum atomic E-state index is -0.447. The molecule has 2 aromatic carbocycles. The van der Waals surface area contributed by atoms with E-state index in [-0.39, 0.29) is 22.4 Å². The van der Waals surface area contributed by atoms with E-state index >= 15 is 0 Å². The first-order valence-corrected chi connectivity index (χ1v) is 5.96. The van der Waals surface area contributed by atoms with Gasteiger partial charge in [0.25, 0.3) is 0 Å². The normalized spacial score (nSPS) is 9.80. The first kappa shape index (κ1) is 14.5. The van der Waals surface area contributed by atoms with Crippen LogP contribution < -0.4 is 4.74 Å². The number of carbonyl (C=O) groups excluding carboxylic acids is 1. The van der Waals surface area contributed by atoms with Crippen LogP contribution in [0.3, 0.4) is 0 Å². The third-order valence-corrected chi connectivity index (χ3v) is 2.76. The van der Waals surface area contributed by atoms with E-state index in [1.165, 1.54) is 0 Å². The van der Waals surface area contributed by atoms with Crippen molar-refractivity contribution in [3.8, 4) is 5.75 Å². The smallest absolute Gasteiger partial charge is 0.362 e. The Morgan fingerprint density at radius 1 is 0.850 bits per heavy atom. The molecule has 0 unspecified atom stereocenters. The molecule has 1 heterocycles. The van der Waals surface area contributed by atoms with Gasteiger partial charge in [0.1, 0.15) is 11.4 Å². The number of hydrogen-bond donors (Lipinski definition) is 0. The Balaban J connectivity index is 0.00000147. The fourth-order valence-corrected chi connectivity index (χ4v) is 1.83. The Bertz CT molecular complexity index is 729. The van der Waals surface area contributed by atoms with Crippen LogP contribution in [0.4, 0.5) is 0 Å². The van der Waals surface area contributed by atoms with Gasteiger partial charge in [-0.1, -0.05) is 42.5 Å². The van der Waals surface area contributed by atoms with Crippen LogP contribution in [-0.4, -0.2) is 11.0 Å². The Morgan fingerprint density at radius 3 is 2.35 bits per heavy atom. The number of pyridine rings is 1. The Hall–Kier alpha value is -1.94. The summed E-state index contributed by atoms with van der Waals surface area (Å²) in [7, 11) is 0. The monoisotopic (exact) mass is 356 g/mol. The molecule has 3 aromatic rings. The molecule has 0 amide bonds. The molecule has 0 saturated heterocycles. The molecule has 3 nitrogen and oxygen atoms in total. The number of ether oxygens (including phenoxy) is 1. The molecule has 0 aliphatic carbocycles. The van der Waals surface area contributed by atoms with Crippen molar-refractivity contribution < 1.29 is 31.9 Å². The minimum Gasteiger partial charge on any atom is -0.422 e. The van der Waals surface area contributed by atoms with Crippen molar-refractivity contribution in [3.05, 3.63) is 72.4 Å². The van der Waals surface area contributed by atoms with Gasteiger partial charge in [-0.2, -0.15) is 0 Å². The average Bonchev–Trinajstić information content (AvgIpc) is 2.48. The van der Waals surface area contributed by atoms with Crippen molar-refractivity contribution in [1.82, 2.24) is 4.98 Å². The maximum absolute atomic E-state index is 12.0. The second-order valence-electron chi connectivity index (χ2n) is 4.09. The van der Waals surface area contributed by atoms with Crippen LogP contribution in [0.15, 0.2) is 66.7 Å². The van der Waals surface area contributed by atoms with Gasteiger partial charge in [-0.05, 0) is 24.3 Å². The van der Waals surface area contributed by atoms with E-state index in [0.717, 1.165) is 10.9 Å². The van der Waals surface area contributed by atoms with Crippen molar-refractivity contribution in [2.24, 2.45) is 0 Å². The van der Waals surface area contributed by atoms with Crippen molar-refractivity contribution >= 4 is 16.9 Å². The second-order valence-corrected chi connectivity index (χ2v) is 4.09. The number of aromatic nitrogens is 1. The molecule has 0 aliphatic rings. The van der Waals surface area contributed by atoms with Gasteiger partial charge >= 0.3 is 5.97 Å². The van der Waals surface area contributed by atoms with E-state index in [0.29, 0.717) is 11.4 Å². The zero-order valence-electron chi connectivity index (χ0n) is 10.4. The minimum absolute atomic E-state index is 0. The van der Waals surface area contributed by atoms with Gasteiger partial charge in [-0.3, -0.25) is 0 Å². The van der Waals surface area contributed by atoms with Crippen LogP contribution in [0.1, 0.15) is 10.5 Å². The molecule has 3 rings (SSSR count). The Labute approximate surface area is 132 Å². The van der Waals surface area contributed by atoms with Crippen LogP contribution in [0.2, 0.25) is 0 Å². The summed E-state index contributed by atoms with van der Waals surface area (Å²) in [6.07, 6.45) is 0. The van der Waals surface area contributed by atoms with Gasteiger partial charge in [0, 0.05) is 27.8 Å². The van der Waals surface area contributed by atoms with Gasteiger partial charge in [0.05, 0.1) is 5.52 Å². The number of para-hydroxylation sites is 2. The van der Waals surface area contributed by atoms with E-state index in [1.807, 2.05) is 48.5 Å². The number of benzene rings is 2. The van der Waals surface area contributed by atoms with Crippen LogP contribution in [0.5, 0.6) is 5.75 Å². The molecule has 103 valence electrons. The topological polar surface area (TPSA) is 39.2 Å². The molecule has 20 heavy (non-hydrogen) atoms. The second kappa shape index (κ2) is 6.48. The fraction of sp³-hybridized carbons (Fsp3) is 0. The standard InChI is InChI=1S/C16H11NO2.Ag/c18-16(19-13-7-2-1-3-8-13)15-11-10-12-6-4-5-9-14(12)17-15;/h1-11H;. The predicted octanol–water partition coefficient (Wildman–Crippen LogP) is 3.45. The van der Waals surface area contributed by atoms with Crippen molar-refractivity contribution in [1.29, 1.82) is 0 Å². The summed E-state index contributed by atoms with van der Waals surface area (Å²) in [6, 6.07) is 20.2. The molecule has 0 aliphatic heterocycles. The summed E-state index contributed by atoms with van der Waals surface area (Å²) in [5, 5.41) is 0.999. The number of fused-ring (bicyclic) bond motifs is 1. The summed E-state index contributed by atoms with van der Waals surface area (Å²) >= 11 is 0. The van der Waals surface area contributed by atoms with Crippen molar-refractivity contribution in [2.75, 3.05) is 0 Å². The zero-order chi connectivity index (χ0) is 13.1. The van der Waals surface area contributed by atoms with Crippen LogP contribution in [0.25, 0.3) is 10.9 Å². The van der Waals surface area contributed by atoms with Gasteiger partial charge in [-0.25, -0.2) is 9.78 Å². The van der Waals surface area contributed by atoms with E-state index in [4.69, 9.17) is 4.74 Å². The molecular formula is C16H11AgNO2. The van der Waals surface area contributed by atoms with Crippen LogP contribution in [0, 0.1) is 0 Å². The zero-order valence-corrected chi connectivity index (χ0v) is 11.9. The fourth-order valence-electron chi connectivity index (χ4n) is 1.83. The third kappa shape index (κ3) is 3.14. The number of rotatable bonds is 2. The molecule has 4 heteroatoms. The van der Waals surface area contributed by atoms with E-state index < -0.39 is 5.97 Å². The van der Waals surface area contributed by atoms with E-state index in [2.05, 4.69) is 4.98 Å². The van der Waals surface area contributed by atoms with Gasteiger partial charge < -0.3 is 4.74 Å². The molecule has 0 fully saturated rings. The molecule has 0 N–H and O–H groups in total. The number of esters is 1. The van der Waals surface area contributed by atoms with Crippen LogP contribution >= 0.6 is 0 Å². The summed E-state index contributed by atoms with van der Waals surface area (Å²) in [4.78, 5) is 16.3. The number of hydrogen-bond acceptors (Lipinski definition) is 3. The summed E-state index contributed by atoms with van der Waals surface area (Å²) < 4.78 is 5.25. The molecule has 0 atom stereocenters. The molecule has 0 saturated carbocycles. The number of nitrogens with zero attached hydrogens (tertiary/aromatic N) is 1. The largest absolute Gasteiger partial charge is 0.422 e.